The number of benzene rings is 1. The Balaban J connectivity index is 2.59. The Bertz CT molecular complexity index is 394. The van der Waals surface area contributed by atoms with E-state index >= 15 is 0 Å². The fraction of sp³-hybridized carbons (Fsp3) is 0.462. The van der Waals surface area contributed by atoms with Crippen LogP contribution in [0.3, 0.4) is 0 Å². The molecule has 0 aliphatic heterocycles. The van der Waals surface area contributed by atoms with Gasteiger partial charge in [0.1, 0.15) is 0 Å². The Hall–Kier alpha value is -1.91. The summed E-state index contributed by atoms with van der Waals surface area (Å²) in [5.74, 6) is 1.46. The third-order valence-corrected chi connectivity index (χ3v) is 2.45. The molecule has 0 saturated heterocycles. The molecule has 0 heterocycles. The molecule has 1 aromatic carbocycles. The van der Waals surface area contributed by atoms with Gasteiger partial charge in [-0.15, -0.1) is 0 Å². The van der Waals surface area contributed by atoms with E-state index in [1.807, 2.05) is 25.1 Å². The molecule has 0 unspecified atom stereocenters. The maximum atomic E-state index is 11.0. The molecule has 2 amide bonds. The van der Waals surface area contributed by atoms with E-state index in [0.29, 0.717) is 18.9 Å². The highest BCUT2D eigenvalue weighted by molar-refractivity contribution is 5.73. The van der Waals surface area contributed by atoms with Crippen LogP contribution in [0.5, 0.6) is 11.5 Å². The summed E-state index contributed by atoms with van der Waals surface area (Å²) in [7, 11) is 3.21. The Morgan fingerprint density at radius 2 is 2.11 bits per heavy atom. The topological polar surface area (TPSA) is 59.6 Å². The number of hydrogen-bond donors (Lipinski definition) is 2. The van der Waals surface area contributed by atoms with E-state index < -0.39 is 0 Å². The minimum atomic E-state index is -0.173. The fourth-order valence-corrected chi connectivity index (χ4v) is 1.55. The highest BCUT2D eigenvalue weighted by Crippen LogP contribution is 2.28. The molecule has 5 nitrogen and oxygen atoms in total. The predicted molar refractivity (Wildman–Crippen MR) is 70.3 cm³/mol. The highest BCUT2D eigenvalue weighted by atomic mass is 16.5. The van der Waals surface area contributed by atoms with Crippen LogP contribution in [0.15, 0.2) is 18.2 Å². The van der Waals surface area contributed by atoms with Crippen LogP contribution in [0.4, 0.5) is 4.79 Å². The average molecular weight is 252 g/mol. The first kappa shape index (κ1) is 14.2. The molecule has 0 radical (unpaired) electrons. The van der Waals surface area contributed by atoms with E-state index in [0.717, 1.165) is 17.7 Å². The highest BCUT2D eigenvalue weighted by Gasteiger charge is 2.05. The maximum absolute atomic E-state index is 11.0. The second-order valence-corrected chi connectivity index (χ2v) is 3.67. The van der Waals surface area contributed by atoms with Crippen molar-refractivity contribution in [2.75, 3.05) is 27.3 Å². The van der Waals surface area contributed by atoms with Gasteiger partial charge in [0, 0.05) is 13.6 Å². The van der Waals surface area contributed by atoms with Gasteiger partial charge in [-0.05, 0) is 31.0 Å². The van der Waals surface area contributed by atoms with Gasteiger partial charge in [-0.1, -0.05) is 6.07 Å². The van der Waals surface area contributed by atoms with Crippen LogP contribution in [-0.2, 0) is 6.42 Å². The van der Waals surface area contributed by atoms with Crippen molar-refractivity contribution in [3.05, 3.63) is 23.8 Å². The molecule has 1 rings (SSSR count). The van der Waals surface area contributed by atoms with E-state index in [2.05, 4.69) is 10.6 Å². The lowest BCUT2D eigenvalue weighted by Crippen LogP contribution is -2.33. The van der Waals surface area contributed by atoms with Gasteiger partial charge in [0.15, 0.2) is 11.5 Å². The van der Waals surface area contributed by atoms with Crippen molar-refractivity contribution >= 4 is 6.03 Å². The summed E-state index contributed by atoms with van der Waals surface area (Å²) in [4.78, 5) is 11.0. The standard InChI is InChI=1S/C13H20N2O3/c1-4-18-11-6-5-10(9-12(11)17-3)7-8-15-13(16)14-2/h5-6,9H,4,7-8H2,1-3H3,(H2,14,15,16). The number of urea groups is 1. The summed E-state index contributed by atoms with van der Waals surface area (Å²) in [5.41, 5.74) is 1.09. The molecule has 5 heteroatoms. The number of carbonyl (C=O) groups is 1. The number of methoxy groups -OCH3 is 1. The smallest absolute Gasteiger partial charge is 0.314 e. The molecule has 0 aromatic heterocycles. The van der Waals surface area contributed by atoms with Crippen molar-refractivity contribution in [2.24, 2.45) is 0 Å². The average Bonchev–Trinajstić information content (AvgIpc) is 2.40. The van der Waals surface area contributed by atoms with Gasteiger partial charge in [0.2, 0.25) is 0 Å². The van der Waals surface area contributed by atoms with Crippen molar-refractivity contribution in [1.29, 1.82) is 0 Å². The van der Waals surface area contributed by atoms with E-state index in [1.54, 1.807) is 14.2 Å². The van der Waals surface area contributed by atoms with Gasteiger partial charge >= 0.3 is 6.03 Å². The van der Waals surface area contributed by atoms with Gasteiger partial charge in [-0.2, -0.15) is 0 Å². The third-order valence-electron chi connectivity index (χ3n) is 2.45. The Morgan fingerprint density at radius 3 is 2.72 bits per heavy atom. The molecule has 0 saturated carbocycles. The molecular weight excluding hydrogens is 232 g/mol. The van der Waals surface area contributed by atoms with Crippen molar-refractivity contribution < 1.29 is 14.3 Å². The van der Waals surface area contributed by atoms with Crippen LogP contribution >= 0.6 is 0 Å². The quantitative estimate of drug-likeness (QED) is 0.808. The first-order valence-corrected chi connectivity index (χ1v) is 5.96. The molecule has 100 valence electrons. The summed E-state index contributed by atoms with van der Waals surface area (Å²) in [6, 6.07) is 5.61. The number of rotatable bonds is 6. The van der Waals surface area contributed by atoms with Crippen molar-refractivity contribution in [3.8, 4) is 11.5 Å². The van der Waals surface area contributed by atoms with Crippen LogP contribution in [0.1, 0.15) is 12.5 Å². The van der Waals surface area contributed by atoms with E-state index in [1.165, 1.54) is 0 Å². The van der Waals surface area contributed by atoms with Crippen LogP contribution < -0.4 is 20.1 Å². The van der Waals surface area contributed by atoms with Gasteiger partial charge in [0.25, 0.3) is 0 Å². The summed E-state index contributed by atoms with van der Waals surface area (Å²) >= 11 is 0. The minimum absolute atomic E-state index is 0.173. The number of amides is 2. The second kappa shape index (κ2) is 7.42. The predicted octanol–water partition coefficient (Wildman–Crippen LogP) is 1.57. The van der Waals surface area contributed by atoms with E-state index in [9.17, 15) is 4.79 Å². The van der Waals surface area contributed by atoms with Gasteiger partial charge in [0.05, 0.1) is 13.7 Å². The number of nitrogens with one attached hydrogen (secondary N) is 2. The SMILES string of the molecule is CCOc1ccc(CCNC(=O)NC)cc1OC. The minimum Gasteiger partial charge on any atom is -0.493 e. The lowest BCUT2D eigenvalue weighted by atomic mass is 10.1. The normalized spacial score (nSPS) is 9.72. The third kappa shape index (κ3) is 4.16. The molecular formula is C13H20N2O3. The summed E-state index contributed by atoms with van der Waals surface area (Å²) < 4.78 is 10.7. The second-order valence-electron chi connectivity index (χ2n) is 3.67. The zero-order chi connectivity index (χ0) is 13.4. The number of hydrogen-bond acceptors (Lipinski definition) is 3. The molecule has 0 atom stereocenters. The van der Waals surface area contributed by atoms with Crippen molar-refractivity contribution in [2.45, 2.75) is 13.3 Å². The monoisotopic (exact) mass is 252 g/mol. The molecule has 0 aliphatic rings. The Labute approximate surface area is 107 Å². The molecule has 0 bridgehead atoms. The van der Waals surface area contributed by atoms with E-state index in [4.69, 9.17) is 9.47 Å². The first-order chi connectivity index (χ1) is 8.71. The Kier molecular flexibility index (Phi) is 5.84. The lowest BCUT2D eigenvalue weighted by molar-refractivity contribution is 0.243. The van der Waals surface area contributed by atoms with E-state index in [-0.39, 0.29) is 6.03 Å². The van der Waals surface area contributed by atoms with Crippen molar-refractivity contribution in [3.63, 3.8) is 0 Å². The molecule has 0 fully saturated rings. The zero-order valence-corrected chi connectivity index (χ0v) is 11.1. The van der Waals surface area contributed by atoms with Gasteiger partial charge in [-0.25, -0.2) is 4.79 Å². The van der Waals surface area contributed by atoms with Crippen LogP contribution in [0.2, 0.25) is 0 Å². The van der Waals surface area contributed by atoms with Crippen LogP contribution in [0, 0.1) is 0 Å². The lowest BCUT2D eigenvalue weighted by Gasteiger charge is -2.11. The van der Waals surface area contributed by atoms with Gasteiger partial charge < -0.3 is 20.1 Å². The van der Waals surface area contributed by atoms with Crippen LogP contribution in [-0.4, -0.2) is 33.3 Å². The fourth-order valence-electron chi connectivity index (χ4n) is 1.55. The summed E-state index contributed by atoms with van der Waals surface area (Å²) in [6.07, 6.45) is 0.746. The molecule has 0 spiro atoms. The first-order valence-electron chi connectivity index (χ1n) is 5.96. The number of ether oxygens (including phenoxy) is 2. The molecule has 18 heavy (non-hydrogen) atoms. The Morgan fingerprint density at radius 1 is 1.33 bits per heavy atom. The van der Waals surface area contributed by atoms with Crippen LogP contribution in [0.25, 0.3) is 0 Å². The summed E-state index contributed by atoms with van der Waals surface area (Å²) in [5, 5.41) is 5.24. The summed E-state index contributed by atoms with van der Waals surface area (Å²) in [6.45, 7) is 3.12. The molecule has 0 aliphatic carbocycles. The zero-order valence-electron chi connectivity index (χ0n) is 11.1. The largest absolute Gasteiger partial charge is 0.493 e. The van der Waals surface area contributed by atoms with Crippen molar-refractivity contribution in [1.82, 2.24) is 10.6 Å². The maximum Gasteiger partial charge on any atom is 0.314 e. The molecule has 1 aromatic rings. The molecule has 2 N–H and O–H groups in total. The number of carbonyl (C=O) groups excluding carboxylic acids is 1. The van der Waals surface area contributed by atoms with Gasteiger partial charge in [-0.3, -0.25) is 0 Å².